The van der Waals surface area contributed by atoms with E-state index in [2.05, 4.69) is 5.32 Å². The molecule has 1 N–H and O–H groups in total. The minimum atomic E-state index is -0.722. The molecule has 0 radical (unpaired) electrons. The van der Waals surface area contributed by atoms with E-state index < -0.39 is 23.4 Å². The molecule has 7 heteroatoms. The molecule has 2 rings (SSSR count). The fourth-order valence-electron chi connectivity index (χ4n) is 2.02. The van der Waals surface area contributed by atoms with Gasteiger partial charge in [-0.15, -0.1) is 0 Å². The van der Waals surface area contributed by atoms with Crippen LogP contribution in [0.4, 0.5) is 8.78 Å². The van der Waals surface area contributed by atoms with Gasteiger partial charge in [0, 0.05) is 25.2 Å². The zero-order chi connectivity index (χ0) is 18.2. The normalized spacial score (nSPS) is 10.2. The molecule has 0 aliphatic carbocycles. The molecule has 0 fully saturated rings. The first kappa shape index (κ1) is 18.4. The third-order valence-electron chi connectivity index (χ3n) is 3.40. The Labute approximate surface area is 144 Å². The second kappa shape index (κ2) is 8.77. The molecular weight excluding hydrogens is 330 g/mol. The lowest BCUT2D eigenvalue weighted by molar-refractivity contribution is -0.132. The van der Waals surface area contributed by atoms with Gasteiger partial charge in [-0.25, -0.2) is 8.78 Å². The van der Waals surface area contributed by atoms with Gasteiger partial charge in [-0.1, -0.05) is 24.3 Å². The van der Waals surface area contributed by atoms with Gasteiger partial charge in [0.1, 0.15) is 17.4 Å². The second-order valence-electron chi connectivity index (χ2n) is 5.36. The van der Waals surface area contributed by atoms with Crippen molar-refractivity contribution < 1.29 is 23.1 Å². The lowest BCUT2D eigenvalue weighted by Crippen LogP contribution is -2.39. The molecule has 2 aromatic carbocycles. The van der Waals surface area contributed by atoms with Gasteiger partial charge in [0.2, 0.25) is 5.91 Å². The van der Waals surface area contributed by atoms with E-state index in [-0.39, 0.29) is 25.3 Å². The van der Waals surface area contributed by atoms with Crippen molar-refractivity contribution in [3.05, 3.63) is 65.7 Å². The fraction of sp³-hybridized carbons (Fsp3) is 0.222. The Hall–Kier alpha value is -2.96. The predicted octanol–water partition coefficient (Wildman–Crippen LogP) is 2.12. The Kier molecular flexibility index (Phi) is 6.45. The molecule has 5 nitrogen and oxygen atoms in total. The van der Waals surface area contributed by atoms with Crippen LogP contribution in [0.15, 0.2) is 48.5 Å². The van der Waals surface area contributed by atoms with Crippen molar-refractivity contribution >= 4 is 11.8 Å². The highest BCUT2D eigenvalue weighted by molar-refractivity contribution is 5.85. The second-order valence-corrected chi connectivity index (χ2v) is 5.36. The van der Waals surface area contributed by atoms with E-state index >= 15 is 0 Å². The van der Waals surface area contributed by atoms with Gasteiger partial charge in [0.05, 0.1) is 6.54 Å². The van der Waals surface area contributed by atoms with Gasteiger partial charge in [-0.2, -0.15) is 0 Å². The summed E-state index contributed by atoms with van der Waals surface area (Å²) in [7, 11) is 1.47. The van der Waals surface area contributed by atoms with E-state index in [1.54, 1.807) is 24.3 Å². The molecule has 0 aromatic heterocycles. The van der Waals surface area contributed by atoms with Crippen LogP contribution in [0.5, 0.6) is 5.75 Å². The van der Waals surface area contributed by atoms with Crippen LogP contribution in [-0.4, -0.2) is 36.9 Å². The molecule has 0 bridgehead atoms. The Morgan fingerprint density at radius 1 is 1.12 bits per heavy atom. The van der Waals surface area contributed by atoms with Crippen molar-refractivity contribution in [1.82, 2.24) is 10.2 Å². The summed E-state index contributed by atoms with van der Waals surface area (Å²) in [5.41, 5.74) is 0.191. The van der Waals surface area contributed by atoms with Gasteiger partial charge < -0.3 is 15.0 Å². The number of nitrogens with one attached hydrogen (secondary N) is 1. The Bertz CT molecular complexity index is 738. The number of ether oxygens (including phenoxy) is 1. The van der Waals surface area contributed by atoms with Crippen molar-refractivity contribution in [2.24, 2.45) is 0 Å². The van der Waals surface area contributed by atoms with Gasteiger partial charge in [0.25, 0.3) is 5.91 Å². The number of benzene rings is 2. The number of rotatable bonds is 7. The molecular formula is C18H18F2N2O3. The van der Waals surface area contributed by atoms with E-state index in [1.165, 1.54) is 18.0 Å². The summed E-state index contributed by atoms with van der Waals surface area (Å²) in [6, 6.07) is 12.0. The quantitative estimate of drug-likeness (QED) is 0.834. The summed E-state index contributed by atoms with van der Waals surface area (Å²) in [4.78, 5) is 24.9. The fourth-order valence-corrected chi connectivity index (χ4v) is 2.02. The van der Waals surface area contributed by atoms with Crippen molar-refractivity contribution in [3.63, 3.8) is 0 Å². The lowest BCUT2D eigenvalue weighted by atomic mass is 10.2. The third-order valence-corrected chi connectivity index (χ3v) is 3.40. The topological polar surface area (TPSA) is 58.6 Å². The SMILES string of the molecule is CN(Cc1ccc(F)cc1F)C(=O)CNC(=O)COc1ccccc1. The van der Waals surface area contributed by atoms with Crippen LogP contribution in [0, 0.1) is 11.6 Å². The molecule has 0 saturated carbocycles. The van der Waals surface area contributed by atoms with E-state index in [4.69, 9.17) is 4.74 Å². The van der Waals surface area contributed by atoms with Crippen LogP contribution in [-0.2, 0) is 16.1 Å². The first-order chi connectivity index (χ1) is 12.0. The van der Waals surface area contributed by atoms with Gasteiger partial charge >= 0.3 is 0 Å². The van der Waals surface area contributed by atoms with Gasteiger partial charge in [-0.05, 0) is 18.2 Å². The van der Waals surface area contributed by atoms with Gasteiger partial charge in [0.15, 0.2) is 6.61 Å². The van der Waals surface area contributed by atoms with Crippen LogP contribution >= 0.6 is 0 Å². The summed E-state index contributed by atoms with van der Waals surface area (Å²) in [5, 5.41) is 2.43. The van der Waals surface area contributed by atoms with Crippen LogP contribution in [0.25, 0.3) is 0 Å². The van der Waals surface area contributed by atoms with Gasteiger partial charge in [-0.3, -0.25) is 9.59 Å². The molecule has 0 spiro atoms. The standard InChI is InChI=1S/C18H18F2N2O3/c1-22(11-13-7-8-14(19)9-16(13)20)18(24)10-21-17(23)12-25-15-5-3-2-4-6-15/h2-9H,10-12H2,1H3,(H,21,23). The largest absolute Gasteiger partial charge is 0.484 e. The van der Waals surface area contributed by atoms with E-state index in [0.29, 0.717) is 5.75 Å². The molecule has 2 amide bonds. The minimum Gasteiger partial charge on any atom is -0.484 e. The van der Waals surface area contributed by atoms with Crippen LogP contribution in [0.3, 0.4) is 0 Å². The number of amides is 2. The Balaban J connectivity index is 1.76. The lowest BCUT2D eigenvalue weighted by Gasteiger charge is -2.18. The van der Waals surface area contributed by atoms with E-state index in [0.717, 1.165) is 12.1 Å². The number of hydrogen-bond donors (Lipinski definition) is 1. The Morgan fingerprint density at radius 2 is 1.84 bits per heavy atom. The zero-order valence-corrected chi connectivity index (χ0v) is 13.7. The number of para-hydroxylation sites is 1. The highest BCUT2D eigenvalue weighted by Gasteiger charge is 2.13. The highest BCUT2D eigenvalue weighted by atomic mass is 19.1. The first-order valence-corrected chi connectivity index (χ1v) is 7.58. The molecule has 25 heavy (non-hydrogen) atoms. The summed E-state index contributed by atoms with van der Waals surface area (Å²) in [5.74, 6) is -1.70. The molecule has 132 valence electrons. The molecule has 0 unspecified atom stereocenters. The van der Waals surface area contributed by atoms with Crippen LogP contribution in [0.1, 0.15) is 5.56 Å². The Morgan fingerprint density at radius 3 is 2.52 bits per heavy atom. The number of nitrogens with zero attached hydrogens (tertiary/aromatic N) is 1. The molecule has 0 heterocycles. The van der Waals surface area contributed by atoms with Crippen molar-refractivity contribution in [3.8, 4) is 5.75 Å². The van der Waals surface area contributed by atoms with Crippen LogP contribution < -0.4 is 10.1 Å². The predicted molar refractivity (Wildman–Crippen MR) is 87.8 cm³/mol. The smallest absolute Gasteiger partial charge is 0.258 e. The molecule has 2 aromatic rings. The number of carbonyl (C=O) groups excluding carboxylic acids is 2. The number of carbonyl (C=O) groups is 2. The molecule has 0 aliphatic heterocycles. The maximum atomic E-state index is 13.6. The number of hydrogen-bond acceptors (Lipinski definition) is 3. The maximum Gasteiger partial charge on any atom is 0.258 e. The first-order valence-electron chi connectivity index (χ1n) is 7.58. The molecule has 0 aliphatic rings. The summed E-state index contributed by atoms with van der Waals surface area (Å²) in [6.45, 7) is -0.481. The average molecular weight is 348 g/mol. The number of likely N-dealkylation sites (N-methyl/N-ethyl adjacent to an activating group) is 1. The zero-order valence-electron chi connectivity index (χ0n) is 13.7. The third kappa shape index (κ3) is 5.87. The molecule has 0 saturated heterocycles. The van der Waals surface area contributed by atoms with E-state index in [1.807, 2.05) is 6.07 Å². The summed E-state index contributed by atoms with van der Waals surface area (Å²) < 4.78 is 31.7. The van der Waals surface area contributed by atoms with Crippen LogP contribution in [0.2, 0.25) is 0 Å². The summed E-state index contributed by atoms with van der Waals surface area (Å²) in [6.07, 6.45) is 0. The monoisotopic (exact) mass is 348 g/mol. The van der Waals surface area contributed by atoms with Crippen molar-refractivity contribution in [2.45, 2.75) is 6.54 Å². The summed E-state index contributed by atoms with van der Waals surface area (Å²) >= 11 is 0. The van der Waals surface area contributed by atoms with E-state index in [9.17, 15) is 18.4 Å². The average Bonchev–Trinajstić information content (AvgIpc) is 2.61. The van der Waals surface area contributed by atoms with Crippen molar-refractivity contribution in [1.29, 1.82) is 0 Å². The maximum absolute atomic E-state index is 13.6. The minimum absolute atomic E-state index is 0.0265. The molecule has 0 atom stereocenters. The highest BCUT2D eigenvalue weighted by Crippen LogP contribution is 2.11. The number of halogens is 2. The van der Waals surface area contributed by atoms with Crippen molar-refractivity contribution in [2.75, 3.05) is 20.2 Å².